The first-order valence-electron chi connectivity index (χ1n) is 10.1. The molecule has 8 heteroatoms. The van der Waals surface area contributed by atoms with E-state index in [1.807, 2.05) is 38.1 Å². The lowest BCUT2D eigenvalue weighted by atomic mass is 10.1. The first-order valence-corrected chi connectivity index (χ1v) is 10.1. The zero-order valence-corrected chi connectivity index (χ0v) is 21.0. The molecule has 0 aliphatic carbocycles. The van der Waals surface area contributed by atoms with Gasteiger partial charge in [0.2, 0.25) is 0 Å². The topological polar surface area (TPSA) is 84.0 Å². The highest BCUT2D eigenvalue weighted by molar-refractivity contribution is 14.0. The summed E-state index contributed by atoms with van der Waals surface area (Å²) in [4.78, 5) is 16.5. The molecule has 0 unspecified atom stereocenters. The summed E-state index contributed by atoms with van der Waals surface area (Å²) in [6, 6.07) is 13.6. The van der Waals surface area contributed by atoms with Crippen LogP contribution in [0.3, 0.4) is 0 Å². The lowest BCUT2D eigenvalue weighted by Crippen LogP contribution is -2.36. The van der Waals surface area contributed by atoms with Crippen molar-refractivity contribution in [2.75, 3.05) is 33.9 Å². The number of aliphatic imine (C=N–C) groups is 1. The van der Waals surface area contributed by atoms with Crippen LogP contribution < -0.4 is 20.7 Å². The quantitative estimate of drug-likeness (QED) is 0.187. The molecule has 0 saturated carbocycles. The van der Waals surface area contributed by atoms with Gasteiger partial charge < -0.3 is 25.4 Å². The van der Waals surface area contributed by atoms with Gasteiger partial charge in [0.15, 0.2) is 5.96 Å². The molecule has 2 aromatic rings. The van der Waals surface area contributed by atoms with E-state index in [1.54, 1.807) is 20.2 Å². The molecule has 0 fully saturated rings. The Morgan fingerprint density at radius 1 is 1.10 bits per heavy atom. The average Bonchev–Trinajstić information content (AvgIpc) is 2.76. The van der Waals surface area contributed by atoms with E-state index < -0.39 is 0 Å². The van der Waals surface area contributed by atoms with Gasteiger partial charge in [0.25, 0.3) is 5.91 Å². The largest absolute Gasteiger partial charge is 0.491 e. The number of ether oxygens (including phenoxy) is 2. The normalized spacial score (nSPS) is 10.8. The number of hydrogen-bond donors (Lipinski definition) is 3. The monoisotopic (exact) mass is 540 g/mol. The van der Waals surface area contributed by atoms with Crippen molar-refractivity contribution >= 4 is 35.8 Å². The number of carbonyl (C=O) groups is 1. The Morgan fingerprint density at radius 3 is 2.61 bits per heavy atom. The van der Waals surface area contributed by atoms with Crippen LogP contribution in [0.2, 0.25) is 0 Å². The molecule has 0 bridgehead atoms. The van der Waals surface area contributed by atoms with E-state index in [2.05, 4.69) is 33.1 Å². The molecule has 3 N–H and O–H groups in total. The zero-order valence-electron chi connectivity index (χ0n) is 18.7. The predicted molar refractivity (Wildman–Crippen MR) is 135 cm³/mol. The third kappa shape index (κ3) is 9.14. The summed E-state index contributed by atoms with van der Waals surface area (Å²) in [5.74, 6) is 1.44. The molecule has 7 nitrogen and oxygen atoms in total. The molecule has 2 aromatic carbocycles. The van der Waals surface area contributed by atoms with Crippen molar-refractivity contribution < 1.29 is 14.3 Å². The minimum absolute atomic E-state index is 0. The second-order valence-corrected chi connectivity index (χ2v) is 6.78. The van der Waals surface area contributed by atoms with Crippen molar-refractivity contribution in [3.63, 3.8) is 0 Å². The lowest BCUT2D eigenvalue weighted by molar-refractivity contribution is 0.0963. The summed E-state index contributed by atoms with van der Waals surface area (Å²) in [7, 11) is 3.28. The van der Waals surface area contributed by atoms with E-state index >= 15 is 0 Å². The molecule has 170 valence electrons. The Bertz CT molecular complexity index is 858. The molecule has 0 saturated heterocycles. The number of amides is 1. The summed E-state index contributed by atoms with van der Waals surface area (Å²) in [6.07, 6.45) is 0. The molecule has 1 amide bonds. The zero-order chi connectivity index (χ0) is 21.8. The van der Waals surface area contributed by atoms with Crippen LogP contribution >= 0.6 is 24.0 Å². The van der Waals surface area contributed by atoms with E-state index in [1.165, 1.54) is 0 Å². The number of nitrogens with one attached hydrogen (secondary N) is 3. The van der Waals surface area contributed by atoms with Crippen molar-refractivity contribution in [2.24, 2.45) is 4.99 Å². The molecule has 31 heavy (non-hydrogen) atoms. The Balaban J connectivity index is 0.00000480. The fourth-order valence-corrected chi connectivity index (χ4v) is 2.82. The number of hydrogen-bond acceptors (Lipinski definition) is 4. The van der Waals surface area contributed by atoms with Gasteiger partial charge in [-0.1, -0.05) is 24.3 Å². The third-order valence-corrected chi connectivity index (χ3v) is 4.39. The fraction of sp³-hybridized carbons (Fsp3) is 0.391. The second kappa shape index (κ2) is 14.6. The summed E-state index contributed by atoms with van der Waals surface area (Å²) in [5, 5.41) is 9.25. The van der Waals surface area contributed by atoms with Crippen LogP contribution in [-0.4, -0.2) is 45.8 Å². The minimum Gasteiger partial charge on any atom is -0.491 e. The first-order chi connectivity index (χ1) is 14.6. The SMILES string of the molecule is CCNC(=NCc1cccc(C(=O)NC)c1)NCc1ccc(C)cc1OCCOC.I. The van der Waals surface area contributed by atoms with Crippen LogP contribution in [0.4, 0.5) is 0 Å². The first kappa shape index (κ1) is 26.7. The van der Waals surface area contributed by atoms with E-state index in [4.69, 9.17) is 9.47 Å². The van der Waals surface area contributed by atoms with Gasteiger partial charge in [-0.05, 0) is 43.2 Å². The Kier molecular flexibility index (Phi) is 12.6. The smallest absolute Gasteiger partial charge is 0.251 e. The Morgan fingerprint density at radius 2 is 1.90 bits per heavy atom. The van der Waals surface area contributed by atoms with Gasteiger partial charge in [0.05, 0.1) is 13.2 Å². The summed E-state index contributed by atoms with van der Waals surface area (Å²) < 4.78 is 10.9. The number of benzene rings is 2. The van der Waals surface area contributed by atoms with Crippen LogP contribution in [0.5, 0.6) is 5.75 Å². The molecule has 0 aliphatic heterocycles. The number of nitrogens with zero attached hydrogens (tertiary/aromatic N) is 1. The number of carbonyl (C=O) groups excluding carboxylic acids is 1. The standard InChI is InChI=1S/C23H32N4O3.HI/c1-5-25-23(26-15-18-7-6-8-19(14-18)22(28)24-3)27-16-20-10-9-17(2)13-21(20)30-12-11-29-4;/h6-10,13-14H,5,11-12,15-16H2,1-4H3,(H,24,28)(H2,25,26,27);1H. The van der Waals surface area contributed by atoms with Crippen molar-refractivity contribution in [1.82, 2.24) is 16.0 Å². The van der Waals surface area contributed by atoms with E-state index in [0.29, 0.717) is 37.8 Å². The number of guanidine groups is 1. The molecule has 0 heterocycles. The summed E-state index contributed by atoms with van der Waals surface area (Å²) in [5.41, 5.74) is 3.78. The summed E-state index contributed by atoms with van der Waals surface area (Å²) >= 11 is 0. The van der Waals surface area contributed by atoms with Gasteiger partial charge in [-0.3, -0.25) is 4.79 Å². The molecular formula is C23H33IN4O3. The van der Waals surface area contributed by atoms with Crippen LogP contribution in [-0.2, 0) is 17.8 Å². The average molecular weight is 540 g/mol. The number of halogens is 1. The molecule has 0 aromatic heterocycles. The van der Waals surface area contributed by atoms with Crippen molar-refractivity contribution in [2.45, 2.75) is 26.9 Å². The maximum absolute atomic E-state index is 11.8. The van der Waals surface area contributed by atoms with Gasteiger partial charge >= 0.3 is 0 Å². The van der Waals surface area contributed by atoms with Crippen LogP contribution in [0, 0.1) is 6.92 Å². The molecule has 0 atom stereocenters. The third-order valence-electron chi connectivity index (χ3n) is 4.39. The lowest BCUT2D eigenvalue weighted by Gasteiger charge is -2.15. The van der Waals surface area contributed by atoms with Crippen molar-refractivity contribution in [3.8, 4) is 5.75 Å². The maximum Gasteiger partial charge on any atom is 0.251 e. The fourth-order valence-electron chi connectivity index (χ4n) is 2.82. The summed E-state index contributed by atoms with van der Waals surface area (Å²) in [6.45, 7) is 6.89. The molecule has 0 spiro atoms. The highest BCUT2D eigenvalue weighted by Gasteiger charge is 2.07. The van der Waals surface area contributed by atoms with Crippen molar-refractivity contribution in [1.29, 1.82) is 0 Å². The number of rotatable bonds is 10. The second-order valence-electron chi connectivity index (χ2n) is 6.78. The highest BCUT2D eigenvalue weighted by atomic mass is 127. The van der Waals surface area contributed by atoms with Crippen LogP contribution in [0.25, 0.3) is 0 Å². The molecule has 0 aliphatic rings. The maximum atomic E-state index is 11.8. The van der Waals surface area contributed by atoms with Crippen LogP contribution in [0.1, 0.15) is 34.0 Å². The van der Waals surface area contributed by atoms with Gasteiger partial charge in [-0.25, -0.2) is 4.99 Å². The predicted octanol–water partition coefficient (Wildman–Crippen LogP) is 3.25. The van der Waals surface area contributed by atoms with Gasteiger partial charge in [0, 0.05) is 38.4 Å². The van der Waals surface area contributed by atoms with E-state index in [-0.39, 0.29) is 29.9 Å². The minimum atomic E-state index is -0.105. The van der Waals surface area contributed by atoms with Gasteiger partial charge in [-0.15, -0.1) is 24.0 Å². The van der Waals surface area contributed by atoms with Gasteiger partial charge in [0.1, 0.15) is 12.4 Å². The van der Waals surface area contributed by atoms with Crippen LogP contribution in [0.15, 0.2) is 47.5 Å². The molecule has 2 rings (SSSR count). The Hall–Kier alpha value is -2.33. The van der Waals surface area contributed by atoms with Crippen molar-refractivity contribution in [3.05, 3.63) is 64.7 Å². The number of aryl methyl sites for hydroxylation is 1. The highest BCUT2D eigenvalue weighted by Crippen LogP contribution is 2.20. The number of methoxy groups -OCH3 is 1. The van der Waals surface area contributed by atoms with Gasteiger partial charge in [-0.2, -0.15) is 0 Å². The van der Waals surface area contributed by atoms with E-state index in [0.717, 1.165) is 29.0 Å². The Labute approximate surface area is 202 Å². The van der Waals surface area contributed by atoms with E-state index in [9.17, 15) is 4.79 Å². The molecule has 0 radical (unpaired) electrons. The molecular weight excluding hydrogens is 507 g/mol.